The molecule has 0 atom stereocenters. The fourth-order valence-electron chi connectivity index (χ4n) is 3.36. The average Bonchev–Trinajstić information content (AvgIpc) is 3.34. The van der Waals surface area contributed by atoms with Crippen LogP contribution in [0.4, 0.5) is 0 Å². The Morgan fingerprint density at radius 3 is 2.48 bits per heavy atom. The minimum atomic E-state index is -0.672. The molecule has 180 valence electrons. The first-order valence-corrected chi connectivity index (χ1v) is 12.5. The largest absolute Gasteiger partial charge is 0.493 e. The van der Waals surface area contributed by atoms with E-state index in [1.807, 2.05) is 18.2 Å². The van der Waals surface area contributed by atoms with E-state index in [4.69, 9.17) is 14.2 Å². The third-order valence-corrected chi connectivity index (χ3v) is 6.14. The monoisotopic (exact) mass is 469 g/mol. The molecule has 5 heteroatoms. The molecule has 0 fully saturated rings. The molecule has 2 aromatic rings. The maximum atomic E-state index is 6.06. The molecule has 1 aromatic heterocycles. The van der Waals surface area contributed by atoms with Gasteiger partial charge in [-0.2, -0.15) is 11.3 Å². The number of ether oxygens (including phenoxy) is 3. The highest BCUT2D eigenvalue weighted by atomic mass is 32.1. The molecule has 0 aliphatic rings. The van der Waals surface area contributed by atoms with E-state index in [9.17, 15) is 0 Å². The van der Waals surface area contributed by atoms with Crippen molar-refractivity contribution in [1.82, 2.24) is 4.90 Å². The Kier molecular flexibility index (Phi) is 11.2. The van der Waals surface area contributed by atoms with Crippen LogP contribution in [0.5, 0.6) is 5.75 Å². The molecule has 4 nitrogen and oxygen atoms in total. The minimum absolute atomic E-state index is 0.0264. The van der Waals surface area contributed by atoms with Crippen molar-refractivity contribution < 1.29 is 14.2 Å². The molecular weight excluding hydrogens is 430 g/mol. The van der Waals surface area contributed by atoms with Gasteiger partial charge in [0.2, 0.25) is 0 Å². The number of hydrogen-bond donors (Lipinski definition) is 0. The average molecular weight is 470 g/mol. The zero-order chi connectivity index (χ0) is 24.2. The van der Waals surface area contributed by atoms with Gasteiger partial charge in [0.05, 0.1) is 6.61 Å². The third-order valence-electron chi connectivity index (χ3n) is 5.45. The molecule has 0 saturated carbocycles. The predicted octanol–water partition coefficient (Wildman–Crippen LogP) is 6.49. The van der Waals surface area contributed by atoms with Crippen LogP contribution in [0.1, 0.15) is 40.5 Å². The topological polar surface area (TPSA) is 30.9 Å². The number of hydrogen-bond acceptors (Lipinski definition) is 5. The smallest absolute Gasteiger partial charge is 0.171 e. The van der Waals surface area contributed by atoms with Crippen molar-refractivity contribution in [3.05, 3.63) is 53.2 Å². The Bertz CT molecular complexity index is 899. The van der Waals surface area contributed by atoms with Gasteiger partial charge >= 0.3 is 0 Å². The summed E-state index contributed by atoms with van der Waals surface area (Å²) in [6, 6.07) is 10.3. The Morgan fingerprint density at radius 2 is 1.85 bits per heavy atom. The molecule has 0 saturated heterocycles. The predicted molar refractivity (Wildman–Crippen MR) is 140 cm³/mol. The van der Waals surface area contributed by atoms with Crippen molar-refractivity contribution in [1.29, 1.82) is 0 Å². The van der Waals surface area contributed by atoms with E-state index in [1.165, 1.54) is 5.56 Å². The lowest BCUT2D eigenvalue weighted by atomic mass is 9.98. The van der Waals surface area contributed by atoms with Gasteiger partial charge in [-0.25, -0.2) is 0 Å². The Labute approximate surface area is 204 Å². The Morgan fingerprint density at radius 1 is 1.06 bits per heavy atom. The first-order chi connectivity index (χ1) is 15.8. The highest BCUT2D eigenvalue weighted by molar-refractivity contribution is 7.08. The highest BCUT2D eigenvalue weighted by Gasteiger charge is 2.30. The number of likely N-dealkylation sites (N-methyl/N-ethyl adjacent to an activating group) is 1. The fraction of sp³-hybridized carbons (Fsp3) is 0.500. The van der Waals surface area contributed by atoms with Crippen molar-refractivity contribution in [2.75, 3.05) is 40.5 Å². The zero-order valence-electron chi connectivity index (χ0n) is 21.0. The number of nitrogens with zero attached hydrogens (tertiary/aromatic N) is 1. The molecule has 0 amide bonds. The summed E-state index contributed by atoms with van der Waals surface area (Å²) in [5, 5.41) is 4.23. The second-order valence-electron chi connectivity index (χ2n) is 9.02. The number of allylic oxidation sites excluding steroid dienone is 1. The lowest BCUT2D eigenvalue weighted by molar-refractivity contribution is -0.219. The molecular formula is C28H39NO3S. The van der Waals surface area contributed by atoms with E-state index >= 15 is 0 Å². The van der Waals surface area contributed by atoms with Gasteiger partial charge in [-0.3, -0.25) is 4.90 Å². The van der Waals surface area contributed by atoms with Gasteiger partial charge in [-0.1, -0.05) is 37.0 Å². The quantitative estimate of drug-likeness (QED) is 0.248. The first-order valence-electron chi connectivity index (χ1n) is 11.6. The molecule has 0 N–H and O–H groups in total. The second-order valence-corrected chi connectivity index (χ2v) is 9.80. The van der Waals surface area contributed by atoms with Crippen molar-refractivity contribution in [2.45, 2.75) is 46.3 Å². The molecule has 0 aliphatic carbocycles. The normalized spacial score (nSPS) is 12.2. The SMILES string of the molecule is CCN(C/C=C/C#CC(C)(C)C)CCC(CCOc1cccc(-c2ccsc2)c1)(OC)OC. The van der Waals surface area contributed by atoms with Gasteiger partial charge in [-0.05, 0) is 73.5 Å². The highest BCUT2D eigenvalue weighted by Crippen LogP contribution is 2.27. The maximum Gasteiger partial charge on any atom is 0.171 e. The number of rotatable bonds is 13. The van der Waals surface area contributed by atoms with E-state index in [-0.39, 0.29) is 5.41 Å². The van der Waals surface area contributed by atoms with Crippen LogP contribution < -0.4 is 4.74 Å². The first kappa shape index (κ1) is 27.1. The van der Waals surface area contributed by atoms with Gasteiger partial charge in [0.15, 0.2) is 5.79 Å². The van der Waals surface area contributed by atoms with Gasteiger partial charge in [-0.15, -0.1) is 0 Å². The van der Waals surface area contributed by atoms with Crippen LogP contribution in [0.3, 0.4) is 0 Å². The standard InChI is InChI=1S/C28H39NO3S/c1-7-29(18-10-8-9-15-27(2,3)4)19-16-28(30-5,31-6)17-20-32-26-13-11-12-24(22-26)25-14-21-33-23-25/h8,10-14,21-23H,7,16-20H2,1-6H3/b10-8+. The van der Waals surface area contributed by atoms with E-state index in [0.29, 0.717) is 13.0 Å². The Balaban J connectivity index is 1.87. The lowest BCUT2D eigenvalue weighted by Crippen LogP contribution is -2.40. The summed E-state index contributed by atoms with van der Waals surface area (Å²) in [5.74, 6) is 6.55. The van der Waals surface area contributed by atoms with Crippen LogP contribution >= 0.6 is 11.3 Å². The van der Waals surface area contributed by atoms with Crippen LogP contribution in [0.25, 0.3) is 11.1 Å². The van der Waals surface area contributed by atoms with Crippen molar-refractivity contribution in [3.8, 4) is 28.7 Å². The van der Waals surface area contributed by atoms with Crippen LogP contribution in [-0.2, 0) is 9.47 Å². The van der Waals surface area contributed by atoms with Gasteiger partial charge in [0.1, 0.15) is 5.75 Å². The summed E-state index contributed by atoms with van der Waals surface area (Å²) >= 11 is 1.70. The van der Waals surface area contributed by atoms with E-state index < -0.39 is 5.79 Å². The summed E-state index contributed by atoms with van der Waals surface area (Å²) in [6.07, 6.45) is 5.47. The van der Waals surface area contributed by atoms with Crippen LogP contribution in [0.2, 0.25) is 0 Å². The number of benzene rings is 1. The molecule has 33 heavy (non-hydrogen) atoms. The van der Waals surface area contributed by atoms with Crippen LogP contribution in [0, 0.1) is 17.3 Å². The summed E-state index contributed by atoms with van der Waals surface area (Å²) in [4.78, 5) is 2.35. The van der Waals surface area contributed by atoms with E-state index in [2.05, 4.69) is 79.5 Å². The van der Waals surface area contributed by atoms with Crippen LogP contribution in [-0.4, -0.2) is 51.1 Å². The van der Waals surface area contributed by atoms with Gasteiger partial charge < -0.3 is 14.2 Å². The van der Waals surface area contributed by atoms with Crippen molar-refractivity contribution >= 4 is 11.3 Å². The van der Waals surface area contributed by atoms with Gasteiger partial charge in [0.25, 0.3) is 0 Å². The number of thiophene rings is 1. The fourth-order valence-corrected chi connectivity index (χ4v) is 4.03. The van der Waals surface area contributed by atoms with E-state index in [0.717, 1.165) is 37.4 Å². The Hall–Kier alpha value is -2.10. The molecule has 0 radical (unpaired) electrons. The molecule has 1 aromatic carbocycles. The molecule has 0 unspecified atom stereocenters. The molecule has 0 aliphatic heterocycles. The second kappa shape index (κ2) is 13.6. The zero-order valence-corrected chi connectivity index (χ0v) is 21.8. The molecule has 2 rings (SSSR count). The summed E-state index contributed by atoms with van der Waals surface area (Å²) in [7, 11) is 3.41. The molecule has 0 bridgehead atoms. The minimum Gasteiger partial charge on any atom is -0.493 e. The summed E-state index contributed by atoms with van der Waals surface area (Å²) in [5.41, 5.74) is 2.41. The molecule has 1 heterocycles. The van der Waals surface area contributed by atoms with Crippen molar-refractivity contribution in [2.24, 2.45) is 5.41 Å². The summed E-state index contributed by atoms with van der Waals surface area (Å²) < 4.78 is 17.7. The van der Waals surface area contributed by atoms with Crippen molar-refractivity contribution in [3.63, 3.8) is 0 Å². The summed E-state index contributed by atoms with van der Waals surface area (Å²) in [6.45, 7) is 11.7. The van der Waals surface area contributed by atoms with Crippen LogP contribution in [0.15, 0.2) is 53.2 Å². The van der Waals surface area contributed by atoms with E-state index in [1.54, 1.807) is 25.6 Å². The van der Waals surface area contributed by atoms with Gasteiger partial charge in [0, 0.05) is 45.6 Å². The maximum absolute atomic E-state index is 6.06. The number of methoxy groups -OCH3 is 2. The lowest BCUT2D eigenvalue weighted by Gasteiger charge is -2.33. The third kappa shape index (κ3) is 9.73. The molecule has 0 spiro atoms.